The highest BCUT2D eigenvalue weighted by Gasteiger charge is 2.22. The van der Waals surface area contributed by atoms with Gasteiger partial charge in [0.15, 0.2) is 0 Å². The molecule has 1 N–H and O–H groups in total. The number of carbonyl (C=O) groups excluding carboxylic acids is 2. The summed E-state index contributed by atoms with van der Waals surface area (Å²) in [6.45, 7) is 6.96. The van der Waals surface area contributed by atoms with E-state index in [0.29, 0.717) is 12.0 Å². The van der Waals surface area contributed by atoms with E-state index < -0.39 is 0 Å². The molecule has 2 heterocycles. The fourth-order valence-corrected chi connectivity index (χ4v) is 4.82. The number of benzene rings is 3. The third-order valence-corrected chi connectivity index (χ3v) is 6.85. The van der Waals surface area contributed by atoms with Crippen molar-refractivity contribution in [2.75, 3.05) is 42.9 Å². The number of hydrogen-bond acceptors (Lipinski definition) is 4. The van der Waals surface area contributed by atoms with Gasteiger partial charge in [-0.1, -0.05) is 42.5 Å². The Balaban J connectivity index is 1.09. The Morgan fingerprint density at radius 3 is 1.89 bits per heavy atom. The Morgan fingerprint density at radius 1 is 0.714 bits per heavy atom. The molecule has 0 bridgehead atoms. The average Bonchev–Trinajstić information content (AvgIpc) is 3.33. The Morgan fingerprint density at radius 2 is 1.31 bits per heavy atom. The average molecular weight is 469 g/mol. The van der Waals surface area contributed by atoms with E-state index in [0.717, 1.165) is 63.6 Å². The molecule has 3 aromatic carbocycles. The summed E-state index contributed by atoms with van der Waals surface area (Å²) in [6, 6.07) is 26.0. The van der Waals surface area contributed by atoms with Gasteiger partial charge in [0, 0.05) is 69.2 Å². The van der Waals surface area contributed by atoms with Crippen LogP contribution in [0.3, 0.4) is 0 Å². The van der Waals surface area contributed by atoms with Crippen LogP contribution in [0.15, 0.2) is 78.9 Å². The second-order valence-corrected chi connectivity index (χ2v) is 9.38. The Bertz CT molecular complexity index is 1140. The molecule has 0 unspecified atom stereocenters. The summed E-state index contributed by atoms with van der Waals surface area (Å²) in [6.07, 6.45) is 1.49. The van der Waals surface area contributed by atoms with Crippen LogP contribution >= 0.6 is 0 Å². The van der Waals surface area contributed by atoms with Gasteiger partial charge in [0.2, 0.25) is 5.91 Å². The van der Waals surface area contributed by atoms with Crippen LogP contribution in [-0.2, 0) is 17.9 Å². The van der Waals surface area contributed by atoms with Crippen molar-refractivity contribution in [3.8, 4) is 0 Å². The van der Waals surface area contributed by atoms with Crippen LogP contribution in [0.25, 0.3) is 0 Å². The minimum Gasteiger partial charge on any atom is -0.322 e. The SMILES string of the molecule is O=C(Nc1ccc(CN2CCN(Cc3ccccc3)CC2)cc1)c1ccc(N2CCCC2=O)cc1. The normalized spacial score (nSPS) is 17.0. The molecule has 35 heavy (non-hydrogen) atoms. The van der Waals surface area contributed by atoms with E-state index in [1.165, 1.54) is 11.1 Å². The minimum absolute atomic E-state index is 0.147. The van der Waals surface area contributed by atoms with Crippen molar-refractivity contribution in [3.05, 3.63) is 95.6 Å². The zero-order chi connectivity index (χ0) is 24.0. The molecule has 0 aromatic heterocycles. The molecule has 0 spiro atoms. The lowest BCUT2D eigenvalue weighted by Crippen LogP contribution is -2.45. The Kier molecular flexibility index (Phi) is 7.21. The smallest absolute Gasteiger partial charge is 0.255 e. The van der Waals surface area contributed by atoms with Crippen LogP contribution in [0.2, 0.25) is 0 Å². The summed E-state index contributed by atoms with van der Waals surface area (Å²) >= 11 is 0. The van der Waals surface area contributed by atoms with Crippen molar-refractivity contribution in [3.63, 3.8) is 0 Å². The number of hydrogen-bond donors (Lipinski definition) is 1. The van der Waals surface area contributed by atoms with Crippen molar-refractivity contribution < 1.29 is 9.59 Å². The maximum Gasteiger partial charge on any atom is 0.255 e. The van der Waals surface area contributed by atoms with Gasteiger partial charge < -0.3 is 10.2 Å². The van der Waals surface area contributed by atoms with Crippen molar-refractivity contribution in [1.29, 1.82) is 0 Å². The topological polar surface area (TPSA) is 55.9 Å². The van der Waals surface area contributed by atoms with Gasteiger partial charge in [0.25, 0.3) is 5.91 Å². The van der Waals surface area contributed by atoms with E-state index in [1.54, 1.807) is 17.0 Å². The number of carbonyl (C=O) groups is 2. The highest BCUT2D eigenvalue weighted by Crippen LogP contribution is 2.22. The van der Waals surface area contributed by atoms with Gasteiger partial charge in [-0.25, -0.2) is 0 Å². The lowest BCUT2D eigenvalue weighted by atomic mass is 10.1. The van der Waals surface area contributed by atoms with Crippen LogP contribution in [0.4, 0.5) is 11.4 Å². The van der Waals surface area contributed by atoms with E-state index >= 15 is 0 Å². The molecule has 2 aliphatic heterocycles. The molecule has 2 fully saturated rings. The monoisotopic (exact) mass is 468 g/mol. The molecular weight excluding hydrogens is 436 g/mol. The number of rotatable bonds is 7. The van der Waals surface area contributed by atoms with E-state index in [4.69, 9.17) is 0 Å². The van der Waals surface area contributed by atoms with Crippen LogP contribution < -0.4 is 10.2 Å². The highest BCUT2D eigenvalue weighted by molar-refractivity contribution is 6.04. The molecule has 2 amide bonds. The first kappa shape index (κ1) is 23.3. The van der Waals surface area contributed by atoms with E-state index in [2.05, 4.69) is 57.6 Å². The van der Waals surface area contributed by atoms with Gasteiger partial charge in [-0.3, -0.25) is 19.4 Å². The number of nitrogens with one attached hydrogen (secondary N) is 1. The molecular formula is C29H32N4O2. The molecule has 2 aliphatic rings. The molecule has 3 aromatic rings. The number of nitrogens with zero attached hydrogens (tertiary/aromatic N) is 3. The zero-order valence-electron chi connectivity index (χ0n) is 20.0. The second kappa shape index (κ2) is 10.8. The largest absolute Gasteiger partial charge is 0.322 e. The van der Waals surface area contributed by atoms with Gasteiger partial charge in [0.05, 0.1) is 0 Å². The Hall–Kier alpha value is -3.48. The third-order valence-electron chi connectivity index (χ3n) is 6.85. The fourth-order valence-electron chi connectivity index (χ4n) is 4.82. The molecule has 180 valence electrons. The number of anilines is 2. The molecule has 0 saturated carbocycles. The highest BCUT2D eigenvalue weighted by atomic mass is 16.2. The third kappa shape index (κ3) is 5.96. The van der Waals surface area contributed by atoms with E-state index in [-0.39, 0.29) is 11.8 Å². The van der Waals surface area contributed by atoms with Crippen molar-refractivity contribution in [2.45, 2.75) is 25.9 Å². The minimum atomic E-state index is -0.147. The predicted molar refractivity (Wildman–Crippen MR) is 139 cm³/mol. The van der Waals surface area contributed by atoms with Crippen molar-refractivity contribution in [1.82, 2.24) is 9.80 Å². The molecule has 6 nitrogen and oxygen atoms in total. The standard InChI is InChI=1S/C29H32N4O2/c34-28-7-4-16-33(28)27-14-10-25(11-15-27)29(35)30-26-12-8-24(9-13-26)22-32-19-17-31(18-20-32)21-23-5-2-1-3-6-23/h1-3,5-6,8-15H,4,7,16-22H2,(H,30,35). The van der Waals surface area contributed by atoms with Gasteiger partial charge in [-0.2, -0.15) is 0 Å². The molecule has 0 atom stereocenters. The van der Waals surface area contributed by atoms with Gasteiger partial charge in [-0.15, -0.1) is 0 Å². The van der Waals surface area contributed by atoms with Gasteiger partial charge in [0.1, 0.15) is 0 Å². The summed E-state index contributed by atoms with van der Waals surface area (Å²) in [5, 5.41) is 2.98. The lowest BCUT2D eigenvalue weighted by Gasteiger charge is -2.34. The molecule has 6 heteroatoms. The quantitative estimate of drug-likeness (QED) is 0.559. The molecule has 0 radical (unpaired) electrons. The molecule has 0 aliphatic carbocycles. The summed E-state index contributed by atoms with van der Waals surface area (Å²) in [5.41, 5.74) is 4.84. The van der Waals surface area contributed by atoms with Gasteiger partial charge >= 0.3 is 0 Å². The van der Waals surface area contributed by atoms with E-state index in [1.807, 2.05) is 24.3 Å². The second-order valence-electron chi connectivity index (χ2n) is 9.38. The van der Waals surface area contributed by atoms with Crippen molar-refractivity contribution in [2.24, 2.45) is 0 Å². The number of piperazine rings is 1. The van der Waals surface area contributed by atoms with Gasteiger partial charge in [-0.05, 0) is 53.9 Å². The summed E-state index contributed by atoms with van der Waals surface area (Å²) in [4.78, 5) is 31.4. The van der Waals surface area contributed by atoms with Crippen LogP contribution in [0, 0.1) is 0 Å². The maximum absolute atomic E-state index is 12.7. The van der Waals surface area contributed by atoms with Crippen LogP contribution in [0.1, 0.15) is 34.3 Å². The summed E-state index contributed by atoms with van der Waals surface area (Å²) < 4.78 is 0. The van der Waals surface area contributed by atoms with Crippen LogP contribution in [-0.4, -0.2) is 54.3 Å². The molecule has 5 rings (SSSR count). The zero-order valence-corrected chi connectivity index (χ0v) is 20.0. The summed E-state index contributed by atoms with van der Waals surface area (Å²) in [5.74, 6) is 0.00272. The first-order chi connectivity index (χ1) is 17.1. The molecule has 2 saturated heterocycles. The first-order valence-corrected chi connectivity index (χ1v) is 12.4. The fraction of sp³-hybridized carbons (Fsp3) is 0.310. The maximum atomic E-state index is 12.7. The Labute approximate surface area is 207 Å². The van der Waals surface area contributed by atoms with Crippen LogP contribution in [0.5, 0.6) is 0 Å². The lowest BCUT2D eigenvalue weighted by molar-refractivity contribution is -0.117. The van der Waals surface area contributed by atoms with E-state index in [9.17, 15) is 9.59 Å². The first-order valence-electron chi connectivity index (χ1n) is 12.4. The predicted octanol–water partition coefficient (Wildman–Crippen LogP) is 4.38. The summed E-state index contributed by atoms with van der Waals surface area (Å²) in [7, 11) is 0. The number of amides is 2. The van der Waals surface area contributed by atoms with Crippen molar-refractivity contribution >= 4 is 23.2 Å².